The van der Waals surface area contributed by atoms with Gasteiger partial charge in [0.1, 0.15) is 0 Å². The average Bonchev–Trinajstić information content (AvgIpc) is 2.21. The van der Waals surface area contributed by atoms with Crippen molar-refractivity contribution in [1.82, 2.24) is 9.55 Å². The van der Waals surface area contributed by atoms with Gasteiger partial charge in [-0.1, -0.05) is 6.92 Å². The number of hydrogen-bond donors (Lipinski definition) is 2. The van der Waals surface area contributed by atoms with E-state index in [1.54, 1.807) is 6.92 Å². The molecule has 1 unspecified atom stereocenters. The Morgan fingerprint density at radius 1 is 1.62 bits per heavy atom. The predicted octanol–water partition coefficient (Wildman–Crippen LogP) is -0.960. The Bertz CT molecular complexity index is 503. The van der Waals surface area contributed by atoms with Gasteiger partial charge >= 0.3 is 16.9 Å². The molecule has 0 saturated carbocycles. The molecule has 0 radical (unpaired) electrons. The van der Waals surface area contributed by atoms with Crippen LogP contribution in [0.4, 0.5) is 5.69 Å². The van der Waals surface area contributed by atoms with Crippen LogP contribution in [-0.4, -0.2) is 21.0 Å². The quantitative estimate of drug-likeness (QED) is 0.507. The van der Waals surface area contributed by atoms with Crippen molar-refractivity contribution in [1.29, 1.82) is 0 Å². The van der Waals surface area contributed by atoms with Gasteiger partial charge in [0, 0.05) is 6.54 Å². The molecule has 0 aromatic carbocycles. The van der Waals surface area contributed by atoms with E-state index in [1.165, 1.54) is 0 Å². The van der Waals surface area contributed by atoms with E-state index in [9.17, 15) is 19.7 Å². The SMILES string of the molecule is CC(CN)Cn1cc([N+](=O)[O-])c(=O)[nH]c1=O. The Kier molecular flexibility index (Phi) is 3.56. The molecular formula is C8H12N4O4. The zero-order chi connectivity index (χ0) is 12.3. The Balaban J connectivity index is 3.20. The molecule has 0 aliphatic rings. The van der Waals surface area contributed by atoms with Crippen LogP contribution in [0.15, 0.2) is 15.8 Å². The fourth-order valence-electron chi connectivity index (χ4n) is 1.17. The maximum Gasteiger partial charge on any atom is 0.350 e. The Morgan fingerprint density at radius 2 is 2.25 bits per heavy atom. The molecule has 1 aromatic rings. The molecule has 0 saturated heterocycles. The van der Waals surface area contributed by atoms with E-state index in [0.29, 0.717) is 6.54 Å². The molecule has 3 N–H and O–H groups in total. The second-order valence-electron chi connectivity index (χ2n) is 3.52. The zero-order valence-electron chi connectivity index (χ0n) is 8.67. The molecule has 0 spiro atoms. The van der Waals surface area contributed by atoms with Crippen molar-refractivity contribution >= 4 is 5.69 Å². The van der Waals surface area contributed by atoms with Crippen molar-refractivity contribution < 1.29 is 4.92 Å². The number of nitro groups is 1. The highest BCUT2D eigenvalue weighted by Crippen LogP contribution is 2.01. The summed E-state index contributed by atoms with van der Waals surface area (Å²) < 4.78 is 1.08. The summed E-state index contributed by atoms with van der Waals surface area (Å²) in [5.41, 5.74) is 3.06. The molecule has 1 heterocycles. The number of nitrogens with one attached hydrogen (secondary N) is 1. The molecule has 8 nitrogen and oxygen atoms in total. The molecule has 88 valence electrons. The van der Waals surface area contributed by atoms with Gasteiger partial charge in [0.15, 0.2) is 0 Å². The summed E-state index contributed by atoms with van der Waals surface area (Å²) in [4.78, 5) is 33.9. The smallest absolute Gasteiger partial charge is 0.330 e. The molecule has 0 aliphatic heterocycles. The van der Waals surface area contributed by atoms with Crippen LogP contribution in [0.1, 0.15) is 6.92 Å². The van der Waals surface area contributed by atoms with Gasteiger partial charge in [-0.15, -0.1) is 0 Å². The van der Waals surface area contributed by atoms with Crippen molar-refractivity contribution in [2.45, 2.75) is 13.5 Å². The summed E-state index contributed by atoms with van der Waals surface area (Å²) in [6.45, 7) is 2.37. The highest BCUT2D eigenvalue weighted by Gasteiger charge is 2.15. The standard InChI is InChI=1S/C8H12N4O4/c1-5(2-9)3-11-4-6(12(15)16)7(13)10-8(11)14/h4-5H,2-3,9H2,1H3,(H,10,13,14). The summed E-state index contributed by atoms with van der Waals surface area (Å²) in [6, 6.07) is 0. The summed E-state index contributed by atoms with van der Waals surface area (Å²) in [7, 11) is 0. The largest absolute Gasteiger partial charge is 0.350 e. The summed E-state index contributed by atoms with van der Waals surface area (Å²) in [6.07, 6.45) is 0.938. The second-order valence-corrected chi connectivity index (χ2v) is 3.52. The summed E-state index contributed by atoms with van der Waals surface area (Å²) in [5.74, 6) is -0.0109. The van der Waals surface area contributed by atoms with E-state index in [0.717, 1.165) is 10.8 Å². The van der Waals surface area contributed by atoms with E-state index in [1.807, 2.05) is 4.98 Å². The van der Waals surface area contributed by atoms with Crippen LogP contribution in [0.2, 0.25) is 0 Å². The Hall–Kier alpha value is -1.96. The minimum atomic E-state index is -0.994. The Morgan fingerprint density at radius 3 is 2.75 bits per heavy atom. The maximum absolute atomic E-state index is 11.3. The van der Waals surface area contributed by atoms with Crippen LogP contribution >= 0.6 is 0 Å². The normalized spacial score (nSPS) is 12.4. The van der Waals surface area contributed by atoms with E-state index in [-0.39, 0.29) is 12.5 Å². The van der Waals surface area contributed by atoms with Gasteiger partial charge in [-0.3, -0.25) is 24.5 Å². The van der Waals surface area contributed by atoms with Crippen LogP contribution in [0.5, 0.6) is 0 Å². The monoisotopic (exact) mass is 228 g/mol. The predicted molar refractivity (Wildman–Crippen MR) is 56.2 cm³/mol. The third-order valence-electron chi connectivity index (χ3n) is 2.10. The number of hydrogen-bond acceptors (Lipinski definition) is 5. The molecule has 1 aromatic heterocycles. The van der Waals surface area contributed by atoms with Crippen molar-refractivity contribution in [3.8, 4) is 0 Å². The van der Waals surface area contributed by atoms with Crippen LogP contribution < -0.4 is 17.0 Å². The first-order valence-corrected chi connectivity index (χ1v) is 4.64. The van der Waals surface area contributed by atoms with Gasteiger partial charge < -0.3 is 5.73 Å². The fraction of sp³-hybridized carbons (Fsp3) is 0.500. The molecular weight excluding hydrogens is 216 g/mol. The molecule has 0 amide bonds. The lowest BCUT2D eigenvalue weighted by Gasteiger charge is -2.09. The van der Waals surface area contributed by atoms with Crippen molar-refractivity contribution in [3.63, 3.8) is 0 Å². The molecule has 0 fully saturated rings. The summed E-state index contributed by atoms with van der Waals surface area (Å²) >= 11 is 0. The molecule has 8 heteroatoms. The second kappa shape index (κ2) is 4.71. The third-order valence-corrected chi connectivity index (χ3v) is 2.10. The lowest BCUT2D eigenvalue weighted by molar-refractivity contribution is -0.386. The molecule has 16 heavy (non-hydrogen) atoms. The molecule has 0 aliphatic carbocycles. The highest BCUT2D eigenvalue weighted by atomic mass is 16.6. The first-order chi connectivity index (χ1) is 7.45. The number of aromatic nitrogens is 2. The first-order valence-electron chi connectivity index (χ1n) is 4.64. The summed E-state index contributed by atoms with van der Waals surface area (Å²) in [5, 5.41) is 10.5. The van der Waals surface area contributed by atoms with Crippen LogP contribution in [0.25, 0.3) is 0 Å². The third kappa shape index (κ3) is 2.54. The van der Waals surface area contributed by atoms with Crippen molar-refractivity contribution in [3.05, 3.63) is 37.1 Å². The van der Waals surface area contributed by atoms with Crippen LogP contribution in [0, 0.1) is 16.0 Å². The molecule has 0 bridgehead atoms. The topological polar surface area (TPSA) is 124 Å². The number of aromatic amines is 1. The average molecular weight is 228 g/mol. The van der Waals surface area contributed by atoms with E-state index >= 15 is 0 Å². The lowest BCUT2D eigenvalue weighted by Crippen LogP contribution is -2.33. The van der Waals surface area contributed by atoms with Crippen LogP contribution in [0.3, 0.4) is 0 Å². The number of rotatable bonds is 4. The van der Waals surface area contributed by atoms with E-state index < -0.39 is 21.9 Å². The highest BCUT2D eigenvalue weighted by molar-refractivity contribution is 5.20. The maximum atomic E-state index is 11.3. The van der Waals surface area contributed by atoms with Gasteiger partial charge in [0.05, 0.1) is 11.1 Å². The zero-order valence-corrected chi connectivity index (χ0v) is 8.67. The molecule has 1 rings (SSSR count). The van der Waals surface area contributed by atoms with Gasteiger partial charge in [-0.2, -0.15) is 0 Å². The lowest BCUT2D eigenvalue weighted by atomic mass is 10.2. The van der Waals surface area contributed by atoms with E-state index in [4.69, 9.17) is 5.73 Å². The van der Waals surface area contributed by atoms with Gasteiger partial charge in [0.25, 0.3) is 0 Å². The van der Waals surface area contributed by atoms with Crippen molar-refractivity contribution in [2.24, 2.45) is 11.7 Å². The number of nitrogens with two attached hydrogens (primary N) is 1. The van der Waals surface area contributed by atoms with Gasteiger partial charge in [0.2, 0.25) is 0 Å². The molecule has 1 atom stereocenters. The van der Waals surface area contributed by atoms with E-state index in [2.05, 4.69) is 0 Å². The van der Waals surface area contributed by atoms with Gasteiger partial charge in [-0.25, -0.2) is 4.79 Å². The van der Waals surface area contributed by atoms with Crippen LogP contribution in [-0.2, 0) is 6.54 Å². The van der Waals surface area contributed by atoms with Crippen molar-refractivity contribution in [2.75, 3.05) is 6.54 Å². The minimum Gasteiger partial charge on any atom is -0.330 e. The first kappa shape index (κ1) is 12.1. The number of H-pyrrole nitrogens is 1. The fourth-order valence-corrected chi connectivity index (χ4v) is 1.17. The van der Waals surface area contributed by atoms with Gasteiger partial charge in [-0.05, 0) is 12.5 Å². The minimum absolute atomic E-state index is 0.0109. The number of nitrogens with zero attached hydrogens (tertiary/aromatic N) is 2. The Labute approximate surface area is 89.9 Å².